The lowest BCUT2D eigenvalue weighted by Gasteiger charge is -2.14. The van der Waals surface area contributed by atoms with Gasteiger partial charge in [0.25, 0.3) is 0 Å². The largest absolute Gasteiger partial charge is 0.481 e. The molecule has 2 aromatic rings. The molecule has 5 nitrogen and oxygen atoms in total. The summed E-state index contributed by atoms with van der Waals surface area (Å²) in [6, 6.07) is 0. The van der Waals surface area contributed by atoms with Crippen molar-refractivity contribution in [2.24, 2.45) is 5.92 Å². The summed E-state index contributed by atoms with van der Waals surface area (Å²) in [5.74, 6) is -1.14. The van der Waals surface area contributed by atoms with Crippen LogP contribution in [0.3, 0.4) is 0 Å². The van der Waals surface area contributed by atoms with Gasteiger partial charge in [-0.25, -0.2) is 9.97 Å². The lowest BCUT2D eigenvalue weighted by molar-refractivity contribution is -0.139. The van der Waals surface area contributed by atoms with E-state index in [0.29, 0.717) is 18.0 Å². The summed E-state index contributed by atoms with van der Waals surface area (Å²) in [7, 11) is 0. The molecular weight excluding hydrogens is 250 g/mol. The van der Waals surface area contributed by atoms with Crippen molar-refractivity contribution in [1.29, 1.82) is 0 Å². The van der Waals surface area contributed by atoms with Gasteiger partial charge in [-0.3, -0.25) is 4.79 Å². The number of carbonyl (C=O) groups is 1. The first-order chi connectivity index (χ1) is 8.50. The van der Waals surface area contributed by atoms with E-state index in [4.69, 9.17) is 0 Å². The number of carboxylic acid groups (broad SMARTS) is 1. The van der Waals surface area contributed by atoms with E-state index in [1.807, 2.05) is 20.8 Å². The van der Waals surface area contributed by atoms with Crippen LogP contribution in [-0.2, 0) is 4.79 Å². The number of hydrogen-bond donors (Lipinski definition) is 1. The van der Waals surface area contributed by atoms with Gasteiger partial charge in [0, 0.05) is 0 Å². The molecule has 0 aliphatic carbocycles. The highest BCUT2D eigenvalue weighted by Crippen LogP contribution is 2.31. The number of fused-ring (bicyclic) bond motifs is 1. The van der Waals surface area contributed by atoms with Crippen LogP contribution in [0.2, 0.25) is 0 Å². The number of aromatic nitrogens is 3. The van der Waals surface area contributed by atoms with Crippen molar-refractivity contribution in [3.05, 3.63) is 17.7 Å². The Bertz CT molecular complexity index is 580. The van der Waals surface area contributed by atoms with Crippen molar-refractivity contribution >= 4 is 27.7 Å². The van der Waals surface area contributed by atoms with E-state index in [-0.39, 0.29) is 0 Å². The van der Waals surface area contributed by atoms with Gasteiger partial charge in [-0.15, -0.1) is 0 Å². The number of aryl methyl sites for hydroxylation is 1. The molecule has 18 heavy (non-hydrogen) atoms. The van der Waals surface area contributed by atoms with E-state index in [0.717, 1.165) is 15.9 Å². The smallest absolute Gasteiger partial charge is 0.312 e. The molecule has 0 aliphatic heterocycles. The Hall–Kier alpha value is -1.56. The molecule has 2 heterocycles. The number of nitrogens with zero attached hydrogens (tertiary/aromatic N) is 3. The quantitative estimate of drug-likeness (QED) is 0.919. The van der Waals surface area contributed by atoms with Crippen LogP contribution in [0.1, 0.15) is 37.6 Å². The molecule has 1 N–H and O–H groups in total. The highest BCUT2D eigenvalue weighted by molar-refractivity contribution is 7.12. The Morgan fingerprint density at radius 2 is 2.17 bits per heavy atom. The van der Waals surface area contributed by atoms with Gasteiger partial charge in [-0.2, -0.15) is 4.37 Å². The molecule has 0 aromatic carbocycles. The third kappa shape index (κ3) is 2.33. The predicted molar refractivity (Wildman–Crippen MR) is 69.8 cm³/mol. The van der Waals surface area contributed by atoms with Crippen molar-refractivity contribution in [3.63, 3.8) is 0 Å². The molecule has 0 radical (unpaired) electrons. The van der Waals surface area contributed by atoms with Gasteiger partial charge in [-0.05, 0) is 30.8 Å². The molecule has 1 unspecified atom stereocenters. The lowest BCUT2D eigenvalue weighted by atomic mass is 9.92. The fourth-order valence-corrected chi connectivity index (χ4v) is 2.77. The second kappa shape index (κ2) is 4.97. The molecular formula is C12H15N3O2S. The highest BCUT2D eigenvalue weighted by atomic mass is 32.1. The zero-order valence-corrected chi connectivity index (χ0v) is 11.4. The van der Waals surface area contributed by atoms with Crippen LogP contribution in [0.25, 0.3) is 10.2 Å². The first-order valence-corrected chi connectivity index (χ1v) is 6.57. The number of hydrogen-bond acceptors (Lipinski definition) is 5. The summed E-state index contributed by atoms with van der Waals surface area (Å²) in [6.45, 7) is 5.88. The van der Waals surface area contributed by atoms with Crippen molar-refractivity contribution in [1.82, 2.24) is 14.3 Å². The molecule has 0 amide bonds. The molecule has 0 spiro atoms. The molecule has 0 fully saturated rings. The van der Waals surface area contributed by atoms with Gasteiger partial charge in [-0.1, -0.05) is 13.8 Å². The topological polar surface area (TPSA) is 76.0 Å². The van der Waals surface area contributed by atoms with Gasteiger partial charge in [0.2, 0.25) is 0 Å². The SMILES string of the molecule is Cc1nsc2ncnc(C(CC(C)C)C(=O)O)c12. The van der Waals surface area contributed by atoms with Crippen molar-refractivity contribution in [3.8, 4) is 0 Å². The van der Waals surface area contributed by atoms with Crippen molar-refractivity contribution < 1.29 is 9.90 Å². The number of carboxylic acids is 1. The molecule has 1 atom stereocenters. The van der Waals surface area contributed by atoms with Gasteiger partial charge in [0.05, 0.1) is 22.7 Å². The predicted octanol–water partition coefficient (Wildman–Crippen LogP) is 2.61. The van der Waals surface area contributed by atoms with Crippen LogP contribution < -0.4 is 0 Å². The Kier molecular flexibility index (Phi) is 3.56. The minimum absolute atomic E-state index is 0.294. The molecule has 2 rings (SSSR count). The van der Waals surface area contributed by atoms with Crippen LogP contribution in [0.4, 0.5) is 0 Å². The summed E-state index contributed by atoms with van der Waals surface area (Å²) in [5, 5.41) is 10.2. The van der Waals surface area contributed by atoms with Crippen LogP contribution >= 0.6 is 11.5 Å². The third-order valence-corrected chi connectivity index (χ3v) is 3.66. The Labute approximate surface area is 109 Å². The maximum Gasteiger partial charge on any atom is 0.312 e. The fraction of sp³-hybridized carbons (Fsp3) is 0.500. The van der Waals surface area contributed by atoms with Crippen LogP contribution in [0, 0.1) is 12.8 Å². The first-order valence-electron chi connectivity index (χ1n) is 5.80. The second-order valence-electron chi connectivity index (χ2n) is 4.73. The van der Waals surface area contributed by atoms with Gasteiger partial charge >= 0.3 is 5.97 Å². The molecule has 96 valence electrons. The molecule has 0 saturated carbocycles. The molecule has 0 saturated heterocycles. The molecule has 0 aliphatic rings. The van der Waals surface area contributed by atoms with Crippen LogP contribution in [-0.4, -0.2) is 25.4 Å². The van der Waals surface area contributed by atoms with Crippen molar-refractivity contribution in [2.75, 3.05) is 0 Å². The maximum atomic E-state index is 11.4. The lowest BCUT2D eigenvalue weighted by Crippen LogP contribution is -2.16. The average molecular weight is 265 g/mol. The Morgan fingerprint density at radius 3 is 2.78 bits per heavy atom. The number of rotatable bonds is 4. The van der Waals surface area contributed by atoms with Gasteiger partial charge < -0.3 is 5.11 Å². The normalized spacial score (nSPS) is 13.1. The summed E-state index contributed by atoms with van der Waals surface area (Å²) in [6.07, 6.45) is 1.99. The Balaban J connectivity index is 2.56. The molecule has 2 aromatic heterocycles. The Morgan fingerprint density at radius 1 is 1.44 bits per heavy atom. The zero-order chi connectivity index (χ0) is 13.3. The minimum atomic E-state index is -0.839. The third-order valence-electron chi connectivity index (χ3n) is 2.81. The maximum absolute atomic E-state index is 11.4. The van der Waals surface area contributed by atoms with E-state index in [9.17, 15) is 9.90 Å². The molecule has 0 bridgehead atoms. The van der Waals surface area contributed by atoms with E-state index in [2.05, 4.69) is 14.3 Å². The summed E-state index contributed by atoms with van der Waals surface area (Å²) in [4.78, 5) is 20.5. The second-order valence-corrected chi connectivity index (χ2v) is 5.48. The van der Waals surface area contributed by atoms with E-state index in [1.54, 1.807) is 0 Å². The summed E-state index contributed by atoms with van der Waals surface area (Å²) in [5.41, 5.74) is 1.40. The van der Waals surface area contributed by atoms with E-state index in [1.165, 1.54) is 17.9 Å². The van der Waals surface area contributed by atoms with Gasteiger partial charge in [0.1, 0.15) is 11.2 Å². The standard InChI is InChI=1S/C12H15N3O2S/c1-6(2)4-8(12(16)17)10-9-7(3)15-18-11(9)14-5-13-10/h5-6,8H,4H2,1-3H3,(H,16,17). The first kappa shape index (κ1) is 12.9. The average Bonchev–Trinajstić information content (AvgIpc) is 2.68. The van der Waals surface area contributed by atoms with Gasteiger partial charge in [0.15, 0.2) is 0 Å². The zero-order valence-electron chi connectivity index (χ0n) is 10.5. The highest BCUT2D eigenvalue weighted by Gasteiger charge is 2.26. The minimum Gasteiger partial charge on any atom is -0.481 e. The van der Waals surface area contributed by atoms with Crippen LogP contribution in [0.15, 0.2) is 6.33 Å². The van der Waals surface area contributed by atoms with E-state index >= 15 is 0 Å². The fourth-order valence-electron chi connectivity index (χ4n) is 2.01. The summed E-state index contributed by atoms with van der Waals surface area (Å²) >= 11 is 1.28. The monoisotopic (exact) mass is 265 g/mol. The molecule has 6 heteroatoms. The number of aliphatic carboxylic acids is 1. The van der Waals surface area contributed by atoms with E-state index < -0.39 is 11.9 Å². The van der Waals surface area contributed by atoms with Crippen LogP contribution in [0.5, 0.6) is 0 Å². The summed E-state index contributed by atoms with van der Waals surface area (Å²) < 4.78 is 4.22. The van der Waals surface area contributed by atoms with Crippen molar-refractivity contribution in [2.45, 2.75) is 33.1 Å².